The van der Waals surface area contributed by atoms with E-state index in [2.05, 4.69) is 10.1 Å². The van der Waals surface area contributed by atoms with E-state index in [-0.39, 0.29) is 24.7 Å². The summed E-state index contributed by atoms with van der Waals surface area (Å²) in [6.07, 6.45) is 0.631. The lowest BCUT2D eigenvalue weighted by molar-refractivity contribution is -0.149. The number of hydrogen-bond donors (Lipinski definition) is 2. The van der Waals surface area contributed by atoms with Gasteiger partial charge < -0.3 is 15.2 Å². The van der Waals surface area contributed by atoms with E-state index >= 15 is 0 Å². The molecule has 0 heterocycles. The number of amides is 1. The molecule has 98 valence electrons. The average molecular weight is 245 g/mol. The maximum Gasteiger partial charge on any atom is 0.309 e. The van der Waals surface area contributed by atoms with Gasteiger partial charge in [0.15, 0.2) is 0 Å². The number of carbonyl (C=O) groups is 3. The molecule has 0 bridgehead atoms. The van der Waals surface area contributed by atoms with Gasteiger partial charge in [0.1, 0.15) is 0 Å². The van der Waals surface area contributed by atoms with E-state index in [0.29, 0.717) is 13.0 Å². The summed E-state index contributed by atoms with van der Waals surface area (Å²) in [4.78, 5) is 32.9. The zero-order chi connectivity index (χ0) is 13.5. The second-order valence-electron chi connectivity index (χ2n) is 4.40. The normalized spacial score (nSPS) is 10.8. The molecule has 0 aromatic carbocycles. The van der Waals surface area contributed by atoms with Gasteiger partial charge in [-0.1, -0.05) is 0 Å². The lowest BCUT2D eigenvalue weighted by Crippen LogP contribution is -2.33. The number of aliphatic carboxylic acids is 1. The number of rotatable bonds is 7. The van der Waals surface area contributed by atoms with Crippen LogP contribution in [0.5, 0.6) is 0 Å². The van der Waals surface area contributed by atoms with Crippen molar-refractivity contribution in [2.45, 2.75) is 33.1 Å². The van der Waals surface area contributed by atoms with Crippen LogP contribution in [-0.2, 0) is 19.1 Å². The highest BCUT2D eigenvalue weighted by molar-refractivity contribution is 5.84. The molecule has 17 heavy (non-hydrogen) atoms. The van der Waals surface area contributed by atoms with Crippen molar-refractivity contribution in [3.8, 4) is 0 Å². The lowest BCUT2D eigenvalue weighted by atomic mass is 9.89. The van der Waals surface area contributed by atoms with Gasteiger partial charge in [0.25, 0.3) is 0 Å². The molecule has 0 fully saturated rings. The number of hydrogen-bond acceptors (Lipinski definition) is 4. The van der Waals surface area contributed by atoms with E-state index < -0.39 is 11.4 Å². The third-order valence-corrected chi connectivity index (χ3v) is 2.29. The van der Waals surface area contributed by atoms with Crippen LogP contribution in [-0.4, -0.2) is 36.6 Å². The zero-order valence-corrected chi connectivity index (χ0v) is 10.4. The smallest absolute Gasteiger partial charge is 0.309 e. The van der Waals surface area contributed by atoms with E-state index in [9.17, 15) is 14.4 Å². The Bertz CT molecular complexity index is 298. The topological polar surface area (TPSA) is 92.7 Å². The van der Waals surface area contributed by atoms with Crippen LogP contribution in [0.3, 0.4) is 0 Å². The summed E-state index contributed by atoms with van der Waals surface area (Å²) in [5, 5.41) is 11.4. The molecule has 0 saturated heterocycles. The first kappa shape index (κ1) is 15.4. The minimum Gasteiger partial charge on any atom is -0.481 e. The molecular formula is C11H19NO5. The number of carbonyl (C=O) groups excluding carboxylic acids is 2. The van der Waals surface area contributed by atoms with Crippen molar-refractivity contribution in [2.24, 2.45) is 5.41 Å². The average Bonchev–Trinajstić information content (AvgIpc) is 2.23. The Morgan fingerprint density at radius 3 is 2.35 bits per heavy atom. The molecule has 0 aromatic heterocycles. The molecule has 0 aliphatic carbocycles. The van der Waals surface area contributed by atoms with Crippen molar-refractivity contribution in [3.05, 3.63) is 0 Å². The fourth-order valence-corrected chi connectivity index (χ4v) is 1.10. The second kappa shape index (κ2) is 6.88. The molecule has 0 unspecified atom stereocenters. The first-order chi connectivity index (χ1) is 7.79. The summed E-state index contributed by atoms with van der Waals surface area (Å²) in [7, 11) is 1.30. The standard InChI is InChI=1S/C11H19NO5/c1-11(2,10(15)16)7-8(13)12-6-4-5-9(14)17-3/h4-7H2,1-3H3,(H,12,13)(H,15,16). The summed E-state index contributed by atoms with van der Waals surface area (Å²) < 4.78 is 4.44. The number of carboxylic acid groups (broad SMARTS) is 1. The Balaban J connectivity index is 3.81. The summed E-state index contributed by atoms with van der Waals surface area (Å²) >= 11 is 0. The van der Waals surface area contributed by atoms with E-state index in [1.54, 1.807) is 0 Å². The molecule has 6 nitrogen and oxygen atoms in total. The minimum atomic E-state index is -1.08. The van der Waals surface area contributed by atoms with Gasteiger partial charge in [-0.15, -0.1) is 0 Å². The predicted octanol–water partition coefficient (Wildman–Crippen LogP) is 0.557. The zero-order valence-electron chi connectivity index (χ0n) is 10.4. The SMILES string of the molecule is COC(=O)CCCNC(=O)CC(C)(C)C(=O)O. The molecule has 0 spiro atoms. The molecular weight excluding hydrogens is 226 g/mol. The van der Waals surface area contributed by atoms with E-state index in [1.165, 1.54) is 21.0 Å². The molecule has 0 aliphatic heterocycles. The highest BCUT2D eigenvalue weighted by Gasteiger charge is 2.29. The number of nitrogens with one attached hydrogen (secondary N) is 1. The second-order valence-corrected chi connectivity index (χ2v) is 4.40. The van der Waals surface area contributed by atoms with E-state index in [0.717, 1.165) is 0 Å². The van der Waals surface area contributed by atoms with Crippen LogP contribution >= 0.6 is 0 Å². The monoisotopic (exact) mass is 245 g/mol. The highest BCUT2D eigenvalue weighted by Crippen LogP contribution is 2.19. The molecule has 0 radical (unpaired) electrons. The van der Waals surface area contributed by atoms with Crippen molar-refractivity contribution in [2.75, 3.05) is 13.7 Å². The van der Waals surface area contributed by atoms with Crippen molar-refractivity contribution in [3.63, 3.8) is 0 Å². The molecule has 0 rings (SSSR count). The minimum absolute atomic E-state index is 0.0828. The maximum absolute atomic E-state index is 11.4. The van der Waals surface area contributed by atoms with Gasteiger partial charge in [-0.25, -0.2) is 0 Å². The van der Waals surface area contributed by atoms with Gasteiger partial charge in [-0.05, 0) is 20.3 Å². The number of carboxylic acids is 1. The fraction of sp³-hybridized carbons (Fsp3) is 0.727. The van der Waals surface area contributed by atoms with Gasteiger partial charge in [0.05, 0.1) is 12.5 Å². The van der Waals surface area contributed by atoms with E-state index in [4.69, 9.17) is 5.11 Å². The fourth-order valence-electron chi connectivity index (χ4n) is 1.10. The Labute approximate surface area is 100 Å². The van der Waals surface area contributed by atoms with Crippen LogP contribution in [0.4, 0.5) is 0 Å². The molecule has 0 atom stereocenters. The van der Waals surface area contributed by atoms with Gasteiger partial charge >= 0.3 is 11.9 Å². The summed E-state index contributed by atoms with van der Waals surface area (Å²) in [6, 6.07) is 0. The maximum atomic E-state index is 11.4. The largest absolute Gasteiger partial charge is 0.481 e. The van der Waals surface area contributed by atoms with Gasteiger partial charge in [0, 0.05) is 19.4 Å². The number of ether oxygens (including phenoxy) is 1. The van der Waals surface area contributed by atoms with Crippen LogP contribution < -0.4 is 5.32 Å². The van der Waals surface area contributed by atoms with Gasteiger partial charge in [-0.2, -0.15) is 0 Å². The molecule has 2 N–H and O–H groups in total. The quantitative estimate of drug-likeness (QED) is 0.505. The molecule has 0 aromatic rings. The van der Waals surface area contributed by atoms with Crippen LogP contribution in [0.15, 0.2) is 0 Å². The molecule has 1 amide bonds. The first-order valence-corrected chi connectivity index (χ1v) is 5.36. The van der Waals surface area contributed by atoms with Gasteiger partial charge in [0.2, 0.25) is 5.91 Å². The number of methoxy groups -OCH3 is 1. The summed E-state index contributed by atoms with van der Waals surface area (Å²) in [5.41, 5.74) is -1.08. The Kier molecular flexibility index (Phi) is 6.23. The van der Waals surface area contributed by atoms with Gasteiger partial charge in [-0.3, -0.25) is 14.4 Å². The predicted molar refractivity (Wildman–Crippen MR) is 60.3 cm³/mol. The van der Waals surface area contributed by atoms with E-state index in [1.807, 2.05) is 0 Å². The van der Waals surface area contributed by atoms with Crippen molar-refractivity contribution in [1.29, 1.82) is 0 Å². The van der Waals surface area contributed by atoms with Crippen LogP contribution in [0, 0.1) is 5.41 Å². The summed E-state index contributed by atoms with van der Waals surface area (Å²) in [5.74, 6) is -1.67. The molecule has 0 aliphatic rings. The molecule has 6 heteroatoms. The third-order valence-electron chi connectivity index (χ3n) is 2.29. The first-order valence-electron chi connectivity index (χ1n) is 5.36. The van der Waals surface area contributed by atoms with Crippen LogP contribution in [0.1, 0.15) is 33.1 Å². The van der Waals surface area contributed by atoms with Crippen LogP contribution in [0.25, 0.3) is 0 Å². The highest BCUT2D eigenvalue weighted by atomic mass is 16.5. The number of esters is 1. The Morgan fingerprint density at radius 1 is 1.29 bits per heavy atom. The Morgan fingerprint density at radius 2 is 1.88 bits per heavy atom. The Hall–Kier alpha value is -1.59. The van der Waals surface area contributed by atoms with Crippen LogP contribution in [0.2, 0.25) is 0 Å². The van der Waals surface area contributed by atoms with Crippen molar-refractivity contribution in [1.82, 2.24) is 5.32 Å². The molecule has 0 saturated carbocycles. The van der Waals surface area contributed by atoms with Crippen molar-refractivity contribution < 1.29 is 24.2 Å². The lowest BCUT2D eigenvalue weighted by Gasteiger charge is -2.18. The summed E-state index contributed by atoms with van der Waals surface area (Å²) in [6.45, 7) is 3.32. The third kappa shape index (κ3) is 6.55. The van der Waals surface area contributed by atoms with Crippen molar-refractivity contribution >= 4 is 17.8 Å².